The third kappa shape index (κ3) is 69.6. The maximum absolute atomic E-state index is 0. The Morgan fingerprint density at radius 2 is 0.444 bits per heavy atom. The van der Waals surface area contributed by atoms with Gasteiger partial charge in [0.15, 0.2) is 0 Å². The van der Waals surface area contributed by atoms with Crippen LogP contribution in [0.15, 0.2) is 0 Å². The van der Waals surface area contributed by atoms with Crippen LogP contribution in [0.1, 0.15) is 2.85 Å². The van der Waals surface area contributed by atoms with Gasteiger partial charge in [-0.05, 0) is 0 Å². The SMILES string of the molecule is Cl.Cl.Cl.Cl.Cl.Cl.[H-].[H-].[Na+].[Na+].[Os]. The summed E-state index contributed by atoms with van der Waals surface area (Å²) >= 11 is 0. The van der Waals surface area contributed by atoms with Crippen molar-refractivity contribution in [1.82, 2.24) is 0 Å². The van der Waals surface area contributed by atoms with Gasteiger partial charge in [0.1, 0.15) is 0 Å². The van der Waals surface area contributed by atoms with Gasteiger partial charge in [-0.1, -0.05) is 0 Å². The Hall–Kier alpha value is 4.38. The number of hydrogen-bond donors (Lipinski definition) is 0. The van der Waals surface area contributed by atoms with E-state index in [4.69, 9.17) is 0 Å². The number of halogens is 6. The third-order valence-corrected chi connectivity index (χ3v) is 0. The maximum Gasteiger partial charge on any atom is 1.00 e. The molecule has 0 N–H and O–H groups in total. The van der Waals surface area contributed by atoms with Crippen LogP contribution >= 0.6 is 74.4 Å². The van der Waals surface area contributed by atoms with Crippen LogP contribution in [0.4, 0.5) is 0 Å². The Morgan fingerprint density at radius 1 is 0.444 bits per heavy atom. The molecule has 0 fully saturated rings. The van der Waals surface area contributed by atoms with Crippen molar-refractivity contribution in [3.63, 3.8) is 0 Å². The fourth-order valence-electron chi connectivity index (χ4n) is 0. The molecule has 0 amide bonds. The van der Waals surface area contributed by atoms with Gasteiger partial charge >= 0.3 is 59.1 Å². The van der Waals surface area contributed by atoms with E-state index in [0.717, 1.165) is 0 Å². The molecule has 0 aromatic carbocycles. The molecule has 0 atom stereocenters. The standard InChI is InChI=1S/6ClH.2Na.Os.2H/h6*1H;;;;;/q;;;;;;2*+1;;2*-1. The Morgan fingerprint density at radius 3 is 0.444 bits per heavy atom. The summed E-state index contributed by atoms with van der Waals surface area (Å²) in [5.74, 6) is 0. The van der Waals surface area contributed by atoms with Crippen molar-refractivity contribution in [2.45, 2.75) is 0 Å². The monoisotopic (exact) mass is 456 g/mol. The van der Waals surface area contributed by atoms with Crippen LogP contribution in [0, 0.1) is 0 Å². The van der Waals surface area contributed by atoms with E-state index in [-0.39, 0.29) is 156 Å². The molecule has 0 aromatic heterocycles. The minimum atomic E-state index is 0. The van der Waals surface area contributed by atoms with Crippen LogP contribution in [-0.2, 0) is 19.8 Å². The van der Waals surface area contributed by atoms with E-state index >= 15 is 0 Å². The first-order valence-electron chi connectivity index (χ1n) is 0. The summed E-state index contributed by atoms with van der Waals surface area (Å²) in [4.78, 5) is 0. The maximum atomic E-state index is 0. The molecule has 0 unspecified atom stereocenters. The van der Waals surface area contributed by atoms with Gasteiger partial charge in [0.25, 0.3) is 0 Å². The fraction of sp³-hybridized carbons (Fsp3) is 0. The molecule has 0 aliphatic heterocycles. The van der Waals surface area contributed by atoms with Gasteiger partial charge in [-0.25, -0.2) is 0 Å². The molecule has 0 nitrogen and oxygen atoms in total. The zero-order valence-corrected chi connectivity index (χ0v) is 16.2. The fourth-order valence-corrected chi connectivity index (χ4v) is 0. The molecule has 9 heavy (non-hydrogen) atoms. The van der Waals surface area contributed by atoms with E-state index in [0.29, 0.717) is 0 Å². The minimum absolute atomic E-state index is 0. The van der Waals surface area contributed by atoms with Crippen LogP contribution in [-0.4, -0.2) is 0 Å². The second kappa shape index (κ2) is 83.6. The smallest absolute Gasteiger partial charge is 1.00 e. The zero-order chi connectivity index (χ0) is 0. The van der Waals surface area contributed by atoms with Crippen molar-refractivity contribution in [3.05, 3.63) is 0 Å². The van der Waals surface area contributed by atoms with Gasteiger partial charge in [-0.2, -0.15) is 0 Å². The van der Waals surface area contributed by atoms with Crippen molar-refractivity contribution >= 4 is 74.4 Å². The summed E-state index contributed by atoms with van der Waals surface area (Å²) in [5, 5.41) is 0. The van der Waals surface area contributed by atoms with E-state index in [1.807, 2.05) is 0 Å². The van der Waals surface area contributed by atoms with E-state index in [9.17, 15) is 0 Å². The molecule has 0 saturated carbocycles. The number of hydrogen-bond acceptors (Lipinski definition) is 0. The minimum Gasteiger partial charge on any atom is -1.00 e. The Balaban J connectivity index is 0. The van der Waals surface area contributed by atoms with Crippen molar-refractivity contribution in [2.75, 3.05) is 0 Å². The molecule has 60 valence electrons. The molecular weight excluding hydrogens is 449 g/mol. The summed E-state index contributed by atoms with van der Waals surface area (Å²) in [5.41, 5.74) is 0. The molecule has 0 saturated heterocycles. The Labute approximate surface area is 153 Å². The molecule has 0 heterocycles. The van der Waals surface area contributed by atoms with E-state index in [1.165, 1.54) is 0 Å². The number of rotatable bonds is 0. The van der Waals surface area contributed by atoms with Crippen molar-refractivity contribution < 1.29 is 81.8 Å². The molecule has 9 heteroatoms. The van der Waals surface area contributed by atoms with E-state index < -0.39 is 0 Å². The summed E-state index contributed by atoms with van der Waals surface area (Å²) in [7, 11) is 0. The van der Waals surface area contributed by atoms with Crippen LogP contribution in [0.25, 0.3) is 0 Å². The summed E-state index contributed by atoms with van der Waals surface area (Å²) < 4.78 is 0. The second-order valence-corrected chi connectivity index (χ2v) is 0. The van der Waals surface area contributed by atoms with E-state index in [1.54, 1.807) is 0 Å². The molecule has 0 aliphatic carbocycles. The zero-order valence-electron chi connectivity index (χ0n) is 6.80. The summed E-state index contributed by atoms with van der Waals surface area (Å²) in [6.07, 6.45) is 0. The predicted octanol–water partition coefficient (Wildman–Crippen LogP) is -3.24. The first-order chi connectivity index (χ1) is 0. The summed E-state index contributed by atoms with van der Waals surface area (Å²) in [6.45, 7) is 0. The van der Waals surface area contributed by atoms with Gasteiger partial charge < -0.3 is 2.85 Å². The average molecular weight is 457 g/mol. The van der Waals surface area contributed by atoms with Crippen LogP contribution in [0.5, 0.6) is 0 Å². The Kier molecular flexibility index (Phi) is 994. The molecule has 0 spiro atoms. The van der Waals surface area contributed by atoms with Crippen molar-refractivity contribution in [3.8, 4) is 0 Å². The largest absolute Gasteiger partial charge is 1.00 e. The average Bonchev–Trinajstić information content (AvgIpc) is 0. The van der Waals surface area contributed by atoms with E-state index in [2.05, 4.69) is 0 Å². The van der Waals surface area contributed by atoms with Crippen LogP contribution in [0.2, 0.25) is 0 Å². The van der Waals surface area contributed by atoms with Crippen molar-refractivity contribution in [2.24, 2.45) is 0 Å². The first-order valence-corrected chi connectivity index (χ1v) is 0. The van der Waals surface area contributed by atoms with Crippen LogP contribution < -0.4 is 59.1 Å². The molecule has 0 radical (unpaired) electrons. The van der Waals surface area contributed by atoms with Gasteiger partial charge in [0.2, 0.25) is 0 Å². The summed E-state index contributed by atoms with van der Waals surface area (Å²) in [6, 6.07) is 0. The second-order valence-electron chi connectivity index (χ2n) is 0. The first kappa shape index (κ1) is 107. The van der Waals surface area contributed by atoms with Crippen molar-refractivity contribution in [1.29, 1.82) is 0 Å². The third-order valence-electron chi connectivity index (χ3n) is 0. The topological polar surface area (TPSA) is 0 Å². The van der Waals surface area contributed by atoms with Gasteiger partial charge in [0.05, 0.1) is 0 Å². The van der Waals surface area contributed by atoms with Gasteiger partial charge in [-0.3, -0.25) is 0 Å². The van der Waals surface area contributed by atoms with Crippen LogP contribution in [0.3, 0.4) is 0 Å². The quantitative estimate of drug-likeness (QED) is 0.336. The molecule has 0 bridgehead atoms. The van der Waals surface area contributed by atoms with Gasteiger partial charge in [-0.15, -0.1) is 74.4 Å². The molecule has 0 aliphatic rings. The molecule has 0 aromatic rings. The predicted molar refractivity (Wildman–Crippen MR) is 45.7 cm³/mol. The molecule has 0 rings (SSSR count). The van der Waals surface area contributed by atoms with Gasteiger partial charge in [0, 0.05) is 19.8 Å². The Bertz CT molecular complexity index is 18.5. The molecular formula is H8Cl6Na2Os. The normalized spacial score (nSPS) is 0.